The molecule has 0 saturated heterocycles. The van der Waals surface area contributed by atoms with Gasteiger partial charge in [-0.05, 0) is 13.0 Å². The van der Waals surface area contributed by atoms with E-state index in [1.54, 1.807) is 7.11 Å². The van der Waals surface area contributed by atoms with Gasteiger partial charge in [0.15, 0.2) is 0 Å². The SMILES string of the molecule is CNCCC(=O)N(CCOC)CC(C)C.Cl. The predicted molar refractivity (Wildman–Crippen MR) is 69.1 cm³/mol. The van der Waals surface area contributed by atoms with Gasteiger partial charge in [-0.25, -0.2) is 0 Å². The van der Waals surface area contributed by atoms with E-state index in [9.17, 15) is 4.79 Å². The van der Waals surface area contributed by atoms with Crippen LogP contribution in [0.3, 0.4) is 0 Å². The van der Waals surface area contributed by atoms with Gasteiger partial charge in [0.05, 0.1) is 6.61 Å². The number of ether oxygens (including phenoxy) is 1. The molecule has 4 nitrogen and oxygen atoms in total. The normalized spacial score (nSPS) is 10.1. The van der Waals surface area contributed by atoms with Crippen LogP contribution in [-0.4, -0.2) is 51.2 Å². The Hall–Kier alpha value is -0.320. The molecule has 0 heterocycles. The maximum absolute atomic E-state index is 11.8. The Morgan fingerprint density at radius 1 is 1.44 bits per heavy atom. The van der Waals surface area contributed by atoms with E-state index < -0.39 is 0 Å². The van der Waals surface area contributed by atoms with E-state index in [0.717, 1.165) is 13.1 Å². The lowest BCUT2D eigenvalue weighted by Gasteiger charge is -2.24. The lowest BCUT2D eigenvalue weighted by Crippen LogP contribution is -2.37. The molecule has 0 aliphatic carbocycles. The Balaban J connectivity index is 0. The van der Waals surface area contributed by atoms with Gasteiger partial charge in [-0.1, -0.05) is 13.8 Å². The number of nitrogens with zero attached hydrogens (tertiary/aromatic N) is 1. The zero-order valence-electron chi connectivity index (χ0n) is 10.8. The highest BCUT2D eigenvalue weighted by molar-refractivity contribution is 5.85. The first-order valence-electron chi connectivity index (χ1n) is 5.53. The number of carbonyl (C=O) groups is 1. The van der Waals surface area contributed by atoms with Crippen molar-refractivity contribution in [3.63, 3.8) is 0 Å². The second-order valence-electron chi connectivity index (χ2n) is 4.08. The van der Waals surface area contributed by atoms with Gasteiger partial charge in [0.2, 0.25) is 5.91 Å². The van der Waals surface area contributed by atoms with E-state index in [-0.39, 0.29) is 18.3 Å². The summed E-state index contributed by atoms with van der Waals surface area (Å²) in [5.41, 5.74) is 0. The second kappa shape index (κ2) is 11.2. The third-order valence-electron chi connectivity index (χ3n) is 2.09. The summed E-state index contributed by atoms with van der Waals surface area (Å²) >= 11 is 0. The number of hydrogen-bond acceptors (Lipinski definition) is 3. The van der Waals surface area contributed by atoms with Crippen molar-refractivity contribution in [1.29, 1.82) is 0 Å². The lowest BCUT2D eigenvalue weighted by molar-refractivity contribution is -0.132. The van der Waals surface area contributed by atoms with Crippen molar-refractivity contribution in [3.8, 4) is 0 Å². The Morgan fingerprint density at radius 3 is 2.50 bits per heavy atom. The number of nitrogens with one attached hydrogen (secondary N) is 1. The molecule has 0 aliphatic heterocycles. The Kier molecular flexibility index (Phi) is 12.6. The van der Waals surface area contributed by atoms with Crippen LogP contribution in [0.25, 0.3) is 0 Å². The molecule has 0 aromatic rings. The van der Waals surface area contributed by atoms with Crippen LogP contribution in [0, 0.1) is 5.92 Å². The maximum Gasteiger partial charge on any atom is 0.223 e. The van der Waals surface area contributed by atoms with Crippen LogP contribution in [0.15, 0.2) is 0 Å². The molecule has 5 heteroatoms. The van der Waals surface area contributed by atoms with Crippen LogP contribution in [0.1, 0.15) is 20.3 Å². The molecule has 0 atom stereocenters. The van der Waals surface area contributed by atoms with Gasteiger partial charge in [0.25, 0.3) is 0 Å². The summed E-state index contributed by atoms with van der Waals surface area (Å²) in [6.07, 6.45) is 0.562. The molecular weight excluding hydrogens is 228 g/mol. The fourth-order valence-corrected chi connectivity index (χ4v) is 1.35. The summed E-state index contributed by atoms with van der Waals surface area (Å²) in [7, 11) is 3.51. The third-order valence-corrected chi connectivity index (χ3v) is 2.09. The largest absolute Gasteiger partial charge is 0.383 e. The van der Waals surface area contributed by atoms with Gasteiger partial charge >= 0.3 is 0 Å². The van der Waals surface area contributed by atoms with Crippen molar-refractivity contribution in [2.24, 2.45) is 5.92 Å². The molecule has 0 saturated carbocycles. The number of methoxy groups -OCH3 is 1. The number of halogens is 1. The first-order chi connectivity index (χ1) is 7.11. The minimum atomic E-state index is 0. The molecule has 0 aromatic heterocycles. The van der Waals surface area contributed by atoms with Crippen molar-refractivity contribution in [3.05, 3.63) is 0 Å². The van der Waals surface area contributed by atoms with Crippen molar-refractivity contribution in [1.82, 2.24) is 10.2 Å². The first-order valence-corrected chi connectivity index (χ1v) is 5.53. The summed E-state index contributed by atoms with van der Waals surface area (Å²) in [6.45, 7) is 7.08. The molecule has 98 valence electrons. The molecule has 1 N–H and O–H groups in total. The number of rotatable bonds is 8. The molecule has 0 fully saturated rings. The third kappa shape index (κ3) is 8.95. The molecular formula is C11H25ClN2O2. The Bertz CT molecular complexity index is 177. The second-order valence-corrected chi connectivity index (χ2v) is 4.08. The van der Waals surface area contributed by atoms with E-state index in [2.05, 4.69) is 19.2 Å². The summed E-state index contributed by atoms with van der Waals surface area (Å²) in [4.78, 5) is 13.7. The highest BCUT2D eigenvalue weighted by atomic mass is 35.5. The van der Waals surface area contributed by atoms with Crippen LogP contribution < -0.4 is 5.32 Å². The monoisotopic (exact) mass is 252 g/mol. The highest BCUT2D eigenvalue weighted by Gasteiger charge is 2.13. The summed E-state index contributed by atoms with van der Waals surface area (Å²) in [5.74, 6) is 0.704. The van der Waals surface area contributed by atoms with Gasteiger partial charge in [0, 0.05) is 33.2 Å². The van der Waals surface area contributed by atoms with Crippen molar-refractivity contribution in [2.75, 3.05) is 40.4 Å². The van der Waals surface area contributed by atoms with E-state index in [0.29, 0.717) is 25.5 Å². The predicted octanol–water partition coefficient (Wildman–Crippen LogP) is 1.15. The fraction of sp³-hybridized carbons (Fsp3) is 0.909. The highest BCUT2D eigenvalue weighted by Crippen LogP contribution is 2.01. The minimum absolute atomic E-state index is 0. The topological polar surface area (TPSA) is 41.6 Å². The quantitative estimate of drug-likeness (QED) is 0.705. The summed E-state index contributed by atoms with van der Waals surface area (Å²) in [6, 6.07) is 0. The Morgan fingerprint density at radius 2 is 2.06 bits per heavy atom. The molecule has 0 bridgehead atoms. The van der Waals surface area contributed by atoms with Gasteiger partial charge < -0.3 is 15.0 Å². The van der Waals surface area contributed by atoms with Crippen molar-refractivity contribution >= 4 is 18.3 Å². The Labute approximate surface area is 105 Å². The summed E-state index contributed by atoms with van der Waals surface area (Å²) < 4.78 is 5.00. The van der Waals surface area contributed by atoms with Gasteiger partial charge in [-0.15, -0.1) is 12.4 Å². The number of carbonyl (C=O) groups excluding carboxylic acids is 1. The maximum atomic E-state index is 11.8. The number of amides is 1. The zero-order chi connectivity index (χ0) is 11.7. The van der Waals surface area contributed by atoms with Crippen molar-refractivity contribution in [2.45, 2.75) is 20.3 Å². The average Bonchev–Trinajstić information content (AvgIpc) is 2.20. The molecule has 0 aromatic carbocycles. The standard InChI is InChI=1S/C11H24N2O2.ClH/c1-10(2)9-13(7-8-15-4)11(14)5-6-12-3;/h10,12H,5-9H2,1-4H3;1H. The van der Waals surface area contributed by atoms with E-state index in [4.69, 9.17) is 4.74 Å². The van der Waals surface area contributed by atoms with Gasteiger partial charge in [0.1, 0.15) is 0 Å². The fourth-order valence-electron chi connectivity index (χ4n) is 1.35. The van der Waals surface area contributed by atoms with Gasteiger partial charge in [-0.2, -0.15) is 0 Å². The zero-order valence-corrected chi connectivity index (χ0v) is 11.6. The van der Waals surface area contributed by atoms with Crippen LogP contribution in [0.5, 0.6) is 0 Å². The van der Waals surface area contributed by atoms with Crippen molar-refractivity contribution < 1.29 is 9.53 Å². The van der Waals surface area contributed by atoms with E-state index in [1.807, 2.05) is 11.9 Å². The van der Waals surface area contributed by atoms with Crippen LogP contribution in [0.2, 0.25) is 0 Å². The van der Waals surface area contributed by atoms with Crippen LogP contribution in [0.4, 0.5) is 0 Å². The molecule has 1 amide bonds. The lowest BCUT2D eigenvalue weighted by atomic mass is 10.2. The minimum Gasteiger partial charge on any atom is -0.383 e. The molecule has 0 rings (SSSR count). The van der Waals surface area contributed by atoms with Crippen LogP contribution in [-0.2, 0) is 9.53 Å². The molecule has 16 heavy (non-hydrogen) atoms. The summed E-state index contributed by atoms with van der Waals surface area (Å²) in [5, 5.41) is 2.98. The van der Waals surface area contributed by atoms with Gasteiger partial charge in [-0.3, -0.25) is 4.79 Å². The van der Waals surface area contributed by atoms with E-state index in [1.165, 1.54) is 0 Å². The average molecular weight is 253 g/mol. The molecule has 0 aliphatic rings. The van der Waals surface area contributed by atoms with Crippen LogP contribution >= 0.6 is 12.4 Å². The molecule has 0 unspecified atom stereocenters. The first kappa shape index (κ1) is 18.1. The molecule has 0 radical (unpaired) electrons. The smallest absolute Gasteiger partial charge is 0.223 e. The molecule has 0 spiro atoms. The number of hydrogen-bond donors (Lipinski definition) is 1. The van der Waals surface area contributed by atoms with E-state index >= 15 is 0 Å².